The van der Waals surface area contributed by atoms with E-state index >= 15 is 0 Å². The highest BCUT2D eigenvalue weighted by atomic mass is 79.9. The van der Waals surface area contributed by atoms with Gasteiger partial charge in [-0.3, -0.25) is 5.32 Å². The van der Waals surface area contributed by atoms with Crippen LogP contribution < -0.4 is 5.32 Å². The first-order chi connectivity index (χ1) is 6.22. The van der Waals surface area contributed by atoms with E-state index in [1.165, 1.54) is 0 Å². The monoisotopic (exact) mass is 238 g/mol. The Labute approximate surface area is 86.9 Å². The Morgan fingerprint density at radius 1 is 1.69 bits per heavy atom. The first-order valence-electron chi connectivity index (χ1n) is 4.03. The molecule has 1 atom stereocenters. The lowest BCUT2D eigenvalue weighted by Gasteiger charge is -2.06. The smallest absolute Gasteiger partial charge is 0.106 e. The molecule has 68 valence electrons. The van der Waals surface area contributed by atoms with Crippen LogP contribution in [0.3, 0.4) is 0 Å². The van der Waals surface area contributed by atoms with E-state index in [1.54, 1.807) is 0 Å². The predicted octanol–water partition coefficient (Wildman–Crippen LogP) is 1.96. The number of nitrogens with one attached hydrogen (secondary N) is 1. The summed E-state index contributed by atoms with van der Waals surface area (Å²) in [6.45, 7) is 2.64. The van der Waals surface area contributed by atoms with Crippen molar-refractivity contribution in [2.45, 2.75) is 19.5 Å². The van der Waals surface area contributed by atoms with Gasteiger partial charge in [-0.05, 0) is 35.0 Å². The maximum Gasteiger partial charge on any atom is 0.106 e. The Morgan fingerprint density at radius 3 is 3.08 bits per heavy atom. The highest BCUT2D eigenvalue weighted by Gasteiger charge is 1.97. The molecule has 1 aromatic heterocycles. The molecule has 0 saturated carbocycles. The second-order valence-corrected chi connectivity index (χ2v) is 3.53. The minimum atomic E-state index is 0.0841. The van der Waals surface area contributed by atoms with E-state index in [2.05, 4.69) is 32.2 Å². The maximum absolute atomic E-state index is 5.22. The van der Waals surface area contributed by atoms with E-state index in [9.17, 15) is 0 Å². The van der Waals surface area contributed by atoms with Gasteiger partial charge < -0.3 is 0 Å². The lowest BCUT2D eigenvalue weighted by Crippen LogP contribution is -2.23. The zero-order chi connectivity index (χ0) is 9.68. The second-order valence-electron chi connectivity index (χ2n) is 2.72. The fourth-order valence-electron chi connectivity index (χ4n) is 0.865. The van der Waals surface area contributed by atoms with Crippen LogP contribution in [0.1, 0.15) is 12.6 Å². The van der Waals surface area contributed by atoms with E-state index in [0.717, 1.165) is 10.3 Å². The molecule has 13 heavy (non-hydrogen) atoms. The number of aromatic nitrogens is 1. The fourth-order valence-corrected chi connectivity index (χ4v) is 1.25. The summed E-state index contributed by atoms with van der Waals surface area (Å²) >= 11 is 3.31. The minimum absolute atomic E-state index is 0.0841. The average molecular weight is 239 g/mol. The number of rotatable bonds is 3. The molecule has 0 radical (unpaired) electrons. The highest BCUT2D eigenvalue weighted by molar-refractivity contribution is 9.10. The van der Waals surface area contributed by atoms with Crippen molar-refractivity contribution in [2.75, 3.05) is 0 Å². The van der Waals surface area contributed by atoms with Gasteiger partial charge in [0.15, 0.2) is 0 Å². The Balaban J connectivity index is 2.51. The summed E-state index contributed by atoms with van der Waals surface area (Å²) < 4.78 is 0.847. The van der Waals surface area contributed by atoms with Crippen molar-refractivity contribution in [3.05, 3.63) is 28.5 Å². The Kier molecular flexibility index (Phi) is 3.94. The molecule has 3 heteroatoms. The molecule has 1 aromatic rings. The third-order valence-electron chi connectivity index (χ3n) is 1.61. The van der Waals surface area contributed by atoms with E-state index in [-0.39, 0.29) is 6.04 Å². The summed E-state index contributed by atoms with van der Waals surface area (Å²) in [7, 11) is 0. The molecule has 0 spiro atoms. The standard InChI is InChI=1S/C10H11BrN2/c1-3-8(2)12-7-9-5-4-6-10(11)13-9/h1,4-6,8,12H,7H2,2H3. The molecule has 1 N–H and O–H groups in total. The third-order valence-corrected chi connectivity index (χ3v) is 2.05. The van der Waals surface area contributed by atoms with Crippen LogP contribution in [-0.4, -0.2) is 11.0 Å². The van der Waals surface area contributed by atoms with Crippen molar-refractivity contribution < 1.29 is 0 Å². The molecule has 1 rings (SSSR count). The third kappa shape index (κ3) is 3.58. The molecular weight excluding hydrogens is 228 g/mol. The van der Waals surface area contributed by atoms with Crippen molar-refractivity contribution >= 4 is 15.9 Å². The first-order valence-corrected chi connectivity index (χ1v) is 4.82. The van der Waals surface area contributed by atoms with Gasteiger partial charge >= 0.3 is 0 Å². The summed E-state index contributed by atoms with van der Waals surface area (Å²) in [5, 5.41) is 3.16. The van der Waals surface area contributed by atoms with Crippen LogP contribution in [0.15, 0.2) is 22.8 Å². The number of halogens is 1. The van der Waals surface area contributed by atoms with Crippen molar-refractivity contribution in [3.8, 4) is 12.3 Å². The van der Waals surface area contributed by atoms with Crippen molar-refractivity contribution in [1.82, 2.24) is 10.3 Å². The zero-order valence-corrected chi connectivity index (χ0v) is 9.01. The molecule has 0 aliphatic carbocycles. The number of terminal acetylenes is 1. The quantitative estimate of drug-likeness (QED) is 0.644. The SMILES string of the molecule is C#CC(C)NCc1cccc(Br)n1. The van der Waals surface area contributed by atoms with E-state index in [1.807, 2.05) is 25.1 Å². The molecule has 0 bridgehead atoms. The lowest BCUT2D eigenvalue weighted by atomic mass is 10.3. The lowest BCUT2D eigenvalue weighted by molar-refractivity contribution is 0.637. The molecule has 0 saturated heterocycles. The van der Waals surface area contributed by atoms with Crippen molar-refractivity contribution in [1.29, 1.82) is 0 Å². The van der Waals surface area contributed by atoms with E-state index in [0.29, 0.717) is 6.54 Å². The normalized spacial score (nSPS) is 12.1. The topological polar surface area (TPSA) is 24.9 Å². The molecular formula is C10H11BrN2. The molecule has 1 unspecified atom stereocenters. The zero-order valence-electron chi connectivity index (χ0n) is 7.42. The predicted molar refractivity (Wildman–Crippen MR) is 57.1 cm³/mol. The molecule has 1 heterocycles. The summed E-state index contributed by atoms with van der Waals surface area (Å²) in [6, 6.07) is 5.89. The van der Waals surface area contributed by atoms with Crippen LogP contribution >= 0.6 is 15.9 Å². The Hall–Kier alpha value is -0.850. The van der Waals surface area contributed by atoms with E-state index < -0.39 is 0 Å². The largest absolute Gasteiger partial charge is 0.298 e. The summed E-state index contributed by atoms with van der Waals surface area (Å²) in [4.78, 5) is 4.27. The van der Waals surface area contributed by atoms with Crippen LogP contribution in [-0.2, 0) is 6.54 Å². The molecule has 0 aliphatic heterocycles. The van der Waals surface area contributed by atoms with Crippen LogP contribution in [0.5, 0.6) is 0 Å². The van der Waals surface area contributed by atoms with Crippen LogP contribution in [0.2, 0.25) is 0 Å². The Morgan fingerprint density at radius 2 is 2.46 bits per heavy atom. The molecule has 0 aromatic carbocycles. The number of hydrogen-bond acceptors (Lipinski definition) is 2. The van der Waals surface area contributed by atoms with Gasteiger partial charge in [0.1, 0.15) is 4.60 Å². The van der Waals surface area contributed by atoms with Gasteiger partial charge in [0.05, 0.1) is 11.7 Å². The first kappa shape index (κ1) is 10.2. The van der Waals surface area contributed by atoms with Crippen LogP contribution in [0.4, 0.5) is 0 Å². The van der Waals surface area contributed by atoms with Gasteiger partial charge in [-0.15, -0.1) is 6.42 Å². The van der Waals surface area contributed by atoms with Crippen LogP contribution in [0, 0.1) is 12.3 Å². The van der Waals surface area contributed by atoms with Gasteiger partial charge in [0, 0.05) is 6.54 Å². The van der Waals surface area contributed by atoms with Gasteiger partial charge in [-0.1, -0.05) is 12.0 Å². The molecule has 0 amide bonds. The summed E-state index contributed by atoms with van der Waals surface area (Å²) in [5.74, 6) is 2.60. The van der Waals surface area contributed by atoms with Gasteiger partial charge in [-0.25, -0.2) is 4.98 Å². The van der Waals surface area contributed by atoms with Gasteiger partial charge in [-0.2, -0.15) is 0 Å². The minimum Gasteiger partial charge on any atom is -0.298 e. The second kappa shape index (κ2) is 5.00. The molecule has 2 nitrogen and oxygen atoms in total. The van der Waals surface area contributed by atoms with Crippen molar-refractivity contribution in [3.63, 3.8) is 0 Å². The average Bonchev–Trinajstić information content (AvgIpc) is 2.14. The van der Waals surface area contributed by atoms with Crippen LogP contribution in [0.25, 0.3) is 0 Å². The Bertz CT molecular complexity index is 317. The summed E-state index contributed by atoms with van der Waals surface area (Å²) in [6.07, 6.45) is 5.22. The fraction of sp³-hybridized carbons (Fsp3) is 0.300. The van der Waals surface area contributed by atoms with Gasteiger partial charge in [0.25, 0.3) is 0 Å². The number of nitrogens with zero attached hydrogens (tertiary/aromatic N) is 1. The van der Waals surface area contributed by atoms with Gasteiger partial charge in [0.2, 0.25) is 0 Å². The number of hydrogen-bond donors (Lipinski definition) is 1. The molecule has 0 aliphatic rings. The summed E-state index contributed by atoms with van der Waals surface area (Å²) in [5.41, 5.74) is 0.983. The highest BCUT2D eigenvalue weighted by Crippen LogP contribution is 2.05. The maximum atomic E-state index is 5.22. The van der Waals surface area contributed by atoms with E-state index in [4.69, 9.17) is 6.42 Å². The van der Waals surface area contributed by atoms with Crippen molar-refractivity contribution in [2.24, 2.45) is 0 Å². The molecule has 0 fully saturated rings. The number of pyridine rings is 1.